The Morgan fingerprint density at radius 2 is 1.72 bits per heavy atom. The fourth-order valence-electron chi connectivity index (χ4n) is 8.03. The highest BCUT2D eigenvalue weighted by atomic mass is 16.5. The lowest BCUT2D eigenvalue weighted by atomic mass is 9.43. The first-order valence-corrected chi connectivity index (χ1v) is 11.8. The number of hydrogen-bond donors (Lipinski definition) is 0. The molecule has 0 aliphatic heterocycles. The van der Waals surface area contributed by atoms with Crippen molar-refractivity contribution in [3.63, 3.8) is 0 Å². The van der Waals surface area contributed by atoms with Crippen molar-refractivity contribution >= 4 is 29.3 Å². The van der Waals surface area contributed by atoms with E-state index in [0.717, 1.165) is 6.42 Å². The van der Waals surface area contributed by atoms with Gasteiger partial charge in [0.1, 0.15) is 24.3 Å². The van der Waals surface area contributed by atoms with Crippen LogP contribution in [-0.2, 0) is 33.4 Å². The van der Waals surface area contributed by atoms with E-state index in [1.165, 1.54) is 13.8 Å². The molecule has 7 nitrogen and oxygen atoms in total. The largest absolute Gasteiger partial charge is 0.462 e. The number of hydrogen-bond acceptors (Lipinski definition) is 7. The molecule has 4 aliphatic carbocycles. The first kappa shape index (κ1) is 23.1. The van der Waals surface area contributed by atoms with Gasteiger partial charge in [-0.05, 0) is 48.3 Å². The van der Waals surface area contributed by atoms with Gasteiger partial charge in [0, 0.05) is 50.9 Å². The van der Waals surface area contributed by atoms with E-state index in [2.05, 4.69) is 6.92 Å². The first-order valence-electron chi connectivity index (χ1n) is 11.8. The van der Waals surface area contributed by atoms with Crippen LogP contribution < -0.4 is 0 Å². The van der Waals surface area contributed by atoms with Crippen molar-refractivity contribution in [1.82, 2.24) is 0 Å². The van der Waals surface area contributed by atoms with Gasteiger partial charge in [-0.2, -0.15) is 0 Å². The molecule has 4 saturated carbocycles. The molecule has 4 aliphatic rings. The molecule has 0 heterocycles. The second-order valence-corrected chi connectivity index (χ2v) is 11.0. The number of carbonyl (C=O) groups excluding carboxylic acids is 5. The van der Waals surface area contributed by atoms with Gasteiger partial charge in [0.15, 0.2) is 5.78 Å². The van der Waals surface area contributed by atoms with Gasteiger partial charge < -0.3 is 9.47 Å². The Morgan fingerprint density at radius 1 is 1.00 bits per heavy atom. The van der Waals surface area contributed by atoms with E-state index >= 15 is 0 Å². The van der Waals surface area contributed by atoms with Gasteiger partial charge in [-0.3, -0.25) is 24.0 Å². The van der Waals surface area contributed by atoms with Gasteiger partial charge in [-0.15, -0.1) is 0 Å². The lowest BCUT2D eigenvalue weighted by molar-refractivity contribution is -0.188. The van der Waals surface area contributed by atoms with Crippen LogP contribution >= 0.6 is 0 Å². The van der Waals surface area contributed by atoms with Gasteiger partial charge in [0.2, 0.25) is 0 Å². The van der Waals surface area contributed by atoms with E-state index in [1.807, 2.05) is 6.92 Å². The molecule has 0 aromatic rings. The van der Waals surface area contributed by atoms with Crippen LogP contribution in [0, 0.1) is 40.4 Å². The van der Waals surface area contributed by atoms with E-state index in [9.17, 15) is 24.0 Å². The Morgan fingerprint density at radius 3 is 2.38 bits per heavy atom. The third-order valence-corrected chi connectivity index (χ3v) is 9.28. The van der Waals surface area contributed by atoms with Crippen LogP contribution in [0.4, 0.5) is 0 Å². The quantitative estimate of drug-likeness (QED) is 0.611. The van der Waals surface area contributed by atoms with Crippen molar-refractivity contribution in [2.24, 2.45) is 40.4 Å². The Bertz CT molecular complexity index is 862. The van der Waals surface area contributed by atoms with Crippen molar-refractivity contribution in [2.45, 2.75) is 78.7 Å². The Hall–Kier alpha value is -2.05. The number of fused-ring (bicyclic) bond motifs is 5. The number of esters is 2. The molecule has 0 radical (unpaired) electrons. The summed E-state index contributed by atoms with van der Waals surface area (Å²) in [5.74, 6) is -1.06. The molecule has 0 bridgehead atoms. The van der Waals surface area contributed by atoms with Crippen LogP contribution in [0.15, 0.2) is 0 Å². The average Bonchev–Trinajstić information content (AvgIpc) is 3.03. The van der Waals surface area contributed by atoms with Crippen molar-refractivity contribution in [3.05, 3.63) is 0 Å². The number of Topliss-reactive ketones (excluding diaryl/α,β-unsaturated/α-hetero) is 3. The van der Waals surface area contributed by atoms with Crippen molar-refractivity contribution in [1.29, 1.82) is 0 Å². The molecule has 0 N–H and O–H groups in total. The molecule has 0 unspecified atom stereocenters. The zero-order chi connectivity index (χ0) is 23.4. The maximum absolute atomic E-state index is 13.7. The van der Waals surface area contributed by atoms with Crippen LogP contribution in [0.5, 0.6) is 0 Å². The summed E-state index contributed by atoms with van der Waals surface area (Å²) in [5, 5.41) is 0. The molecule has 0 aromatic heterocycles. The summed E-state index contributed by atoms with van der Waals surface area (Å²) >= 11 is 0. The van der Waals surface area contributed by atoms with E-state index < -0.39 is 11.4 Å². The molecule has 0 amide bonds. The van der Waals surface area contributed by atoms with Crippen LogP contribution in [-0.4, -0.2) is 42.0 Å². The molecule has 0 spiro atoms. The minimum atomic E-state index is -0.486. The molecule has 8 atom stereocenters. The Labute approximate surface area is 189 Å². The molecule has 176 valence electrons. The molecular formula is C25H34O7. The van der Waals surface area contributed by atoms with E-state index in [1.54, 1.807) is 0 Å². The van der Waals surface area contributed by atoms with Crippen LogP contribution in [0.3, 0.4) is 0 Å². The summed E-state index contributed by atoms with van der Waals surface area (Å²) < 4.78 is 10.7. The third kappa shape index (κ3) is 3.61. The van der Waals surface area contributed by atoms with Crippen molar-refractivity contribution in [3.8, 4) is 0 Å². The average molecular weight is 447 g/mol. The van der Waals surface area contributed by atoms with Gasteiger partial charge in [0.05, 0.1) is 0 Å². The topological polar surface area (TPSA) is 104 Å². The number of carbonyl (C=O) groups is 5. The molecule has 0 aromatic carbocycles. The maximum Gasteiger partial charge on any atom is 0.303 e. The summed E-state index contributed by atoms with van der Waals surface area (Å²) in [5.41, 5.74) is -0.862. The lowest BCUT2D eigenvalue weighted by Crippen LogP contribution is -2.61. The fraction of sp³-hybridized carbons (Fsp3) is 0.800. The Balaban J connectivity index is 1.66. The normalized spacial score (nSPS) is 43.0. The van der Waals surface area contributed by atoms with Crippen LogP contribution in [0.25, 0.3) is 0 Å². The second-order valence-electron chi connectivity index (χ2n) is 11.0. The van der Waals surface area contributed by atoms with E-state index in [0.29, 0.717) is 38.5 Å². The molecule has 4 fully saturated rings. The molecular weight excluding hydrogens is 412 g/mol. The van der Waals surface area contributed by atoms with Gasteiger partial charge in [-0.25, -0.2) is 0 Å². The maximum atomic E-state index is 13.7. The van der Waals surface area contributed by atoms with Gasteiger partial charge in [-0.1, -0.05) is 13.8 Å². The fourth-order valence-corrected chi connectivity index (χ4v) is 8.03. The highest BCUT2D eigenvalue weighted by Gasteiger charge is 2.66. The summed E-state index contributed by atoms with van der Waals surface area (Å²) in [6.45, 7) is 6.57. The lowest BCUT2D eigenvalue weighted by Gasteiger charge is -2.60. The first-order chi connectivity index (χ1) is 15.0. The Kier molecular flexibility index (Phi) is 5.83. The molecule has 4 rings (SSSR count). The number of rotatable bonds is 4. The standard InChI is InChI=1S/C25H34O7/c1-13(26)31-12-21(30)18-6-5-17-16-10-22(32-14(2)27)19-9-15(28)7-8-24(19,3)23(16)20(29)11-25(17,18)4/h16-19,22-23H,5-12H2,1-4H3/t16-,17-,18+,19-,22-,23+,24-,25-/m0/s1. The predicted molar refractivity (Wildman–Crippen MR) is 113 cm³/mol. The van der Waals surface area contributed by atoms with Gasteiger partial charge >= 0.3 is 11.9 Å². The van der Waals surface area contributed by atoms with E-state index in [4.69, 9.17) is 9.47 Å². The van der Waals surface area contributed by atoms with Crippen molar-refractivity contribution < 1.29 is 33.4 Å². The SMILES string of the molecule is CC(=O)OCC(=O)[C@H]1CC[C@H]2[C@@H]3C[C@H](OC(C)=O)[C@@H]4CC(=O)CC[C@]4(C)[C@H]3C(=O)C[C@]12C. The van der Waals surface area contributed by atoms with E-state index in [-0.39, 0.29) is 71.0 Å². The monoisotopic (exact) mass is 446 g/mol. The smallest absolute Gasteiger partial charge is 0.303 e. The molecule has 7 heteroatoms. The number of ketones is 3. The van der Waals surface area contributed by atoms with Gasteiger partial charge in [0.25, 0.3) is 0 Å². The minimum absolute atomic E-state index is 0.0200. The zero-order valence-corrected chi connectivity index (χ0v) is 19.5. The summed E-state index contributed by atoms with van der Waals surface area (Å²) in [7, 11) is 0. The van der Waals surface area contributed by atoms with Crippen LogP contribution in [0.1, 0.15) is 72.6 Å². The molecule has 0 saturated heterocycles. The molecule has 32 heavy (non-hydrogen) atoms. The predicted octanol–water partition coefficient (Wildman–Crippen LogP) is 3.07. The highest BCUT2D eigenvalue weighted by molar-refractivity contribution is 5.89. The third-order valence-electron chi connectivity index (χ3n) is 9.28. The number of ether oxygens (including phenoxy) is 2. The summed E-state index contributed by atoms with van der Waals surface area (Å²) in [6.07, 6.45) is 3.48. The van der Waals surface area contributed by atoms with Crippen LogP contribution in [0.2, 0.25) is 0 Å². The minimum Gasteiger partial charge on any atom is -0.462 e. The highest BCUT2D eigenvalue weighted by Crippen LogP contribution is 2.66. The summed E-state index contributed by atoms with van der Waals surface area (Å²) in [6, 6.07) is 0. The zero-order valence-electron chi connectivity index (χ0n) is 19.5. The second kappa shape index (κ2) is 8.07. The summed E-state index contributed by atoms with van der Waals surface area (Å²) in [4.78, 5) is 62.0. The van der Waals surface area contributed by atoms with Crippen molar-refractivity contribution in [2.75, 3.05) is 6.61 Å².